The number of aromatic nitrogens is 3. The smallest absolute Gasteiger partial charge is 0.229 e. The van der Waals surface area contributed by atoms with Crippen LogP contribution in [-0.4, -0.2) is 21.0 Å². The molecule has 6 heteroatoms. The van der Waals surface area contributed by atoms with Crippen LogP contribution in [0.25, 0.3) is 0 Å². The summed E-state index contributed by atoms with van der Waals surface area (Å²) in [6, 6.07) is 0.343. The molecule has 1 unspecified atom stereocenters. The molecule has 0 aliphatic heterocycles. The molecular weight excluding hydrogens is 214 g/mol. The highest BCUT2D eigenvalue weighted by Gasteiger charge is 2.23. The van der Waals surface area contributed by atoms with E-state index in [1.165, 1.54) is 12.8 Å². The van der Waals surface area contributed by atoms with Gasteiger partial charge in [0, 0.05) is 6.04 Å². The molecule has 3 N–H and O–H groups in total. The quantitative estimate of drug-likeness (QED) is 0.819. The van der Waals surface area contributed by atoms with E-state index in [0.29, 0.717) is 12.0 Å². The van der Waals surface area contributed by atoms with Crippen LogP contribution in [0.4, 0.5) is 11.9 Å². The van der Waals surface area contributed by atoms with E-state index >= 15 is 0 Å². The molecule has 0 radical (unpaired) electrons. The van der Waals surface area contributed by atoms with Crippen LogP contribution in [0.3, 0.4) is 0 Å². The van der Waals surface area contributed by atoms with Crippen molar-refractivity contribution in [3.05, 3.63) is 5.28 Å². The Balaban J connectivity index is 1.96. The average Bonchev–Trinajstić information content (AvgIpc) is 2.85. The molecule has 1 aromatic heterocycles. The normalized spacial score (nSPS) is 17.5. The number of halogens is 1. The van der Waals surface area contributed by atoms with Gasteiger partial charge in [-0.25, -0.2) is 0 Å². The van der Waals surface area contributed by atoms with Crippen molar-refractivity contribution >= 4 is 23.5 Å². The van der Waals surface area contributed by atoms with Crippen molar-refractivity contribution < 1.29 is 0 Å². The third kappa shape index (κ3) is 3.20. The van der Waals surface area contributed by atoms with E-state index in [2.05, 4.69) is 27.2 Å². The molecule has 0 aromatic carbocycles. The molecule has 1 fully saturated rings. The predicted octanol–water partition coefficient (Wildman–Crippen LogP) is 1.71. The molecule has 0 saturated heterocycles. The Bertz CT molecular complexity index is 332. The monoisotopic (exact) mass is 227 g/mol. The standard InChI is InChI=1S/C9H14ClN5/c1-5(4-6-2-3-6)12-9-14-7(10)13-8(11)15-9/h5-6H,2-4H2,1H3,(H3,11,12,13,14,15). The van der Waals surface area contributed by atoms with Crippen LogP contribution in [-0.2, 0) is 0 Å². The van der Waals surface area contributed by atoms with Gasteiger partial charge in [0.2, 0.25) is 17.2 Å². The van der Waals surface area contributed by atoms with Gasteiger partial charge < -0.3 is 11.1 Å². The Morgan fingerprint density at radius 2 is 2.20 bits per heavy atom. The van der Waals surface area contributed by atoms with Gasteiger partial charge in [-0.2, -0.15) is 15.0 Å². The number of nitrogens with one attached hydrogen (secondary N) is 1. The van der Waals surface area contributed by atoms with Crippen LogP contribution in [0.5, 0.6) is 0 Å². The van der Waals surface area contributed by atoms with E-state index in [1.807, 2.05) is 0 Å². The summed E-state index contributed by atoms with van der Waals surface area (Å²) in [5.74, 6) is 1.47. The van der Waals surface area contributed by atoms with E-state index in [9.17, 15) is 0 Å². The molecule has 1 heterocycles. The van der Waals surface area contributed by atoms with Crippen LogP contribution in [0.15, 0.2) is 0 Å². The van der Waals surface area contributed by atoms with Crippen molar-refractivity contribution in [2.45, 2.75) is 32.2 Å². The SMILES string of the molecule is CC(CC1CC1)Nc1nc(N)nc(Cl)n1. The van der Waals surface area contributed by atoms with Crippen molar-refractivity contribution in [3.8, 4) is 0 Å². The van der Waals surface area contributed by atoms with Crippen molar-refractivity contribution in [1.29, 1.82) is 0 Å². The van der Waals surface area contributed by atoms with Crippen LogP contribution in [0, 0.1) is 5.92 Å². The van der Waals surface area contributed by atoms with E-state index in [1.54, 1.807) is 0 Å². The summed E-state index contributed by atoms with van der Waals surface area (Å²) in [5, 5.41) is 3.30. The second-order valence-corrected chi connectivity index (χ2v) is 4.35. The van der Waals surface area contributed by atoms with Crippen LogP contribution >= 0.6 is 11.6 Å². The molecule has 1 aromatic rings. The molecular formula is C9H14ClN5. The van der Waals surface area contributed by atoms with Gasteiger partial charge in [0.25, 0.3) is 0 Å². The van der Waals surface area contributed by atoms with Gasteiger partial charge in [-0.1, -0.05) is 12.8 Å². The molecule has 1 atom stereocenters. The van der Waals surface area contributed by atoms with Crippen molar-refractivity contribution in [1.82, 2.24) is 15.0 Å². The summed E-state index contributed by atoms with van der Waals surface area (Å²) in [4.78, 5) is 11.6. The zero-order valence-corrected chi connectivity index (χ0v) is 9.33. The first-order valence-corrected chi connectivity index (χ1v) is 5.45. The molecule has 2 rings (SSSR count). The zero-order chi connectivity index (χ0) is 10.8. The molecule has 0 amide bonds. The molecule has 5 nitrogen and oxygen atoms in total. The first-order chi connectivity index (χ1) is 7.13. The minimum absolute atomic E-state index is 0.128. The lowest BCUT2D eigenvalue weighted by Gasteiger charge is -2.12. The Labute approximate surface area is 93.5 Å². The highest BCUT2D eigenvalue weighted by Crippen LogP contribution is 2.33. The number of anilines is 2. The highest BCUT2D eigenvalue weighted by atomic mass is 35.5. The maximum atomic E-state index is 5.67. The second-order valence-electron chi connectivity index (χ2n) is 4.01. The predicted molar refractivity (Wildman–Crippen MR) is 59.7 cm³/mol. The average molecular weight is 228 g/mol. The Morgan fingerprint density at radius 1 is 1.47 bits per heavy atom. The largest absolute Gasteiger partial charge is 0.368 e. The van der Waals surface area contributed by atoms with Gasteiger partial charge in [0.15, 0.2) is 0 Å². The summed E-state index contributed by atoms with van der Waals surface area (Å²) in [6.07, 6.45) is 3.82. The summed E-state index contributed by atoms with van der Waals surface area (Å²) < 4.78 is 0. The van der Waals surface area contributed by atoms with E-state index in [4.69, 9.17) is 17.3 Å². The Hall–Kier alpha value is -1.10. The number of nitrogens with two attached hydrogens (primary N) is 1. The number of hydrogen-bond donors (Lipinski definition) is 2. The number of rotatable bonds is 4. The lowest BCUT2D eigenvalue weighted by molar-refractivity contribution is 0.637. The van der Waals surface area contributed by atoms with E-state index in [0.717, 1.165) is 12.3 Å². The molecule has 1 aliphatic carbocycles. The van der Waals surface area contributed by atoms with Gasteiger partial charge in [0.1, 0.15) is 0 Å². The Kier molecular flexibility index (Phi) is 2.90. The van der Waals surface area contributed by atoms with Crippen LogP contribution in [0.2, 0.25) is 5.28 Å². The van der Waals surface area contributed by atoms with Crippen molar-refractivity contribution in [2.75, 3.05) is 11.1 Å². The first-order valence-electron chi connectivity index (χ1n) is 5.07. The summed E-state index contributed by atoms with van der Waals surface area (Å²) >= 11 is 5.67. The van der Waals surface area contributed by atoms with Crippen LogP contribution in [0.1, 0.15) is 26.2 Å². The number of nitrogen functional groups attached to an aromatic ring is 1. The third-order valence-corrected chi connectivity index (χ3v) is 2.55. The minimum atomic E-state index is 0.128. The Morgan fingerprint density at radius 3 is 2.80 bits per heavy atom. The van der Waals surface area contributed by atoms with E-state index < -0.39 is 0 Å². The van der Waals surface area contributed by atoms with Crippen molar-refractivity contribution in [3.63, 3.8) is 0 Å². The van der Waals surface area contributed by atoms with Gasteiger partial charge in [0.05, 0.1) is 0 Å². The maximum Gasteiger partial charge on any atom is 0.229 e. The fourth-order valence-corrected chi connectivity index (χ4v) is 1.73. The lowest BCUT2D eigenvalue weighted by atomic mass is 10.2. The molecule has 0 bridgehead atoms. The maximum absolute atomic E-state index is 5.67. The zero-order valence-electron chi connectivity index (χ0n) is 8.57. The van der Waals surface area contributed by atoms with Gasteiger partial charge in [-0.3, -0.25) is 0 Å². The van der Waals surface area contributed by atoms with Crippen molar-refractivity contribution in [2.24, 2.45) is 5.92 Å². The van der Waals surface area contributed by atoms with Crippen LogP contribution < -0.4 is 11.1 Å². The fraction of sp³-hybridized carbons (Fsp3) is 0.667. The van der Waals surface area contributed by atoms with Gasteiger partial charge in [-0.15, -0.1) is 0 Å². The second kappa shape index (κ2) is 4.18. The summed E-state index contributed by atoms with van der Waals surface area (Å²) in [6.45, 7) is 2.10. The number of nitrogens with zero attached hydrogens (tertiary/aromatic N) is 3. The third-order valence-electron chi connectivity index (χ3n) is 2.38. The molecule has 1 aliphatic rings. The minimum Gasteiger partial charge on any atom is -0.368 e. The molecule has 0 spiro atoms. The molecule has 1 saturated carbocycles. The fourth-order valence-electron chi connectivity index (χ4n) is 1.56. The van der Waals surface area contributed by atoms with E-state index in [-0.39, 0.29) is 11.2 Å². The summed E-state index contributed by atoms with van der Waals surface area (Å²) in [7, 11) is 0. The van der Waals surface area contributed by atoms with Gasteiger partial charge in [-0.05, 0) is 30.9 Å². The lowest BCUT2D eigenvalue weighted by Crippen LogP contribution is -2.18. The number of hydrogen-bond acceptors (Lipinski definition) is 5. The first kappa shape index (κ1) is 10.4. The molecule has 15 heavy (non-hydrogen) atoms. The topological polar surface area (TPSA) is 76.7 Å². The molecule has 82 valence electrons. The highest BCUT2D eigenvalue weighted by molar-refractivity contribution is 6.28. The summed E-state index contributed by atoms with van der Waals surface area (Å²) in [5.41, 5.74) is 5.46. The van der Waals surface area contributed by atoms with Gasteiger partial charge >= 0.3 is 0 Å².